The number of benzene rings is 2. The minimum atomic E-state index is -3.69. The summed E-state index contributed by atoms with van der Waals surface area (Å²) in [6, 6.07) is 16.5. The number of unbranched alkanes of at least 4 members (excludes halogenated alkanes) is 2. The van der Waals surface area contributed by atoms with Crippen LogP contribution in [0, 0.1) is 0 Å². The van der Waals surface area contributed by atoms with Crippen molar-refractivity contribution in [2.45, 2.75) is 31.1 Å². The summed E-state index contributed by atoms with van der Waals surface area (Å²) in [5.74, 6) is -0.108. The third kappa shape index (κ3) is 6.02. The zero-order valence-corrected chi connectivity index (χ0v) is 24.1. The predicted molar refractivity (Wildman–Crippen MR) is 158 cm³/mol. The summed E-state index contributed by atoms with van der Waals surface area (Å²) < 4.78 is 35.8. The quantitative estimate of drug-likeness (QED) is 0.201. The van der Waals surface area contributed by atoms with Crippen molar-refractivity contribution >= 4 is 50.3 Å². The number of hydrogen-bond acceptors (Lipinski definition) is 7. The monoisotopic (exact) mass is 582 g/mol. The summed E-state index contributed by atoms with van der Waals surface area (Å²) in [7, 11) is -3.69. The molecule has 3 heterocycles. The first-order valence-corrected chi connectivity index (χ1v) is 15.6. The summed E-state index contributed by atoms with van der Waals surface area (Å²) in [5.41, 5.74) is 2.77. The van der Waals surface area contributed by atoms with Gasteiger partial charge < -0.3 is 4.74 Å². The fourth-order valence-electron chi connectivity index (χ4n) is 4.52. The average molecular weight is 583 g/mol. The Labute approximate surface area is 238 Å². The van der Waals surface area contributed by atoms with Crippen LogP contribution in [0.25, 0.3) is 23.0 Å². The summed E-state index contributed by atoms with van der Waals surface area (Å²) in [4.78, 5) is 15.6. The second kappa shape index (κ2) is 12.1. The van der Waals surface area contributed by atoms with Gasteiger partial charge in [-0.15, -0.1) is 0 Å². The molecule has 3 aromatic rings. The molecule has 39 heavy (non-hydrogen) atoms. The molecule has 0 bridgehead atoms. The van der Waals surface area contributed by atoms with E-state index in [1.807, 2.05) is 48.7 Å². The first-order valence-electron chi connectivity index (χ1n) is 13.0. The van der Waals surface area contributed by atoms with Gasteiger partial charge in [0.2, 0.25) is 10.0 Å². The highest BCUT2D eigenvalue weighted by atomic mass is 32.2. The number of para-hydroxylation sites is 1. The van der Waals surface area contributed by atoms with Crippen molar-refractivity contribution in [2.75, 3.05) is 32.8 Å². The maximum atomic E-state index is 13.3. The smallest absolute Gasteiger partial charge is 0.266 e. The second-order valence-electron chi connectivity index (χ2n) is 9.30. The van der Waals surface area contributed by atoms with Gasteiger partial charge in [0, 0.05) is 37.0 Å². The van der Waals surface area contributed by atoms with E-state index in [1.165, 1.54) is 16.1 Å². The van der Waals surface area contributed by atoms with Crippen molar-refractivity contribution in [1.82, 2.24) is 19.0 Å². The van der Waals surface area contributed by atoms with Crippen LogP contribution < -0.4 is 0 Å². The number of carbonyl (C=O) groups excluding carboxylic acids is 1. The number of sulfonamides is 1. The predicted octanol–water partition coefficient (Wildman–Crippen LogP) is 4.95. The molecule has 5 rings (SSSR count). The molecule has 0 radical (unpaired) electrons. The van der Waals surface area contributed by atoms with Crippen LogP contribution in [0.1, 0.15) is 31.7 Å². The fraction of sp³-hybridized carbons (Fsp3) is 0.321. The molecule has 1 aromatic heterocycles. The first-order chi connectivity index (χ1) is 18.9. The Bertz CT molecular complexity index is 1500. The molecule has 204 valence electrons. The molecule has 2 fully saturated rings. The normalized spacial score (nSPS) is 17.9. The lowest BCUT2D eigenvalue weighted by atomic mass is 10.1. The van der Waals surface area contributed by atoms with Crippen molar-refractivity contribution in [3.05, 3.63) is 71.3 Å². The van der Waals surface area contributed by atoms with Crippen LogP contribution in [0.3, 0.4) is 0 Å². The van der Waals surface area contributed by atoms with Crippen LogP contribution in [0.4, 0.5) is 0 Å². The Kier molecular flexibility index (Phi) is 8.63. The number of carbonyl (C=O) groups is 1. The van der Waals surface area contributed by atoms with E-state index in [-0.39, 0.29) is 10.8 Å². The highest BCUT2D eigenvalue weighted by Gasteiger charge is 2.32. The Morgan fingerprint density at radius 3 is 2.59 bits per heavy atom. The van der Waals surface area contributed by atoms with Gasteiger partial charge in [-0.25, -0.2) is 13.1 Å². The molecule has 0 aliphatic carbocycles. The number of aromatic nitrogens is 2. The van der Waals surface area contributed by atoms with Crippen molar-refractivity contribution in [3.8, 4) is 16.9 Å². The molecule has 0 spiro atoms. The molecular weight excluding hydrogens is 553 g/mol. The summed E-state index contributed by atoms with van der Waals surface area (Å²) in [5, 5.41) is 4.83. The van der Waals surface area contributed by atoms with Crippen LogP contribution in [-0.4, -0.2) is 70.5 Å². The Morgan fingerprint density at radius 1 is 1.08 bits per heavy atom. The topological polar surface area (TPSA) is 84.7 Å². The molecule has 11 heteroatoms. The van der Waals surface area contributed by atoms with E-state index in [0.29, 0.717) is 58.9 Å². The van der Waals surface area contributed by atoms with E-state index in [9.17, 15) is 13.2 Å². The maximum absolute atomic E-state index is 13.3. The van der Waals surface area contributed by atoms with E-state index in [4.69, 9.17) is 22.1 Å². The molecule has 2 aliphatic heterocycles. The van der Waals surface area contributed by atoms with Gasteiger partial charge in [-0.05, 0) is 36.8 Å². The van der Waals surface area contributed by atoms with Crippen LogP contribution in [0.15, 0.2) is 70.6 Å². The van der Waals surface area contributed by atoms with Gasteiger partial charge in [0.1, 0.15) is 10.0 Å². The minimum absolute atomic E-state index is 0.108. The van der Waals surface area contributed by atoms with Crippen LogP contribution >= 0.6 is 24.0 Å². The van der Waals surface area contributed by atoms with Crippen molar-refractivity contribution in [1.29, 1.82) is 0 Å². The number of thioether (sulfide) groups is 1. The molecule has 0 unspecified atom stereocenters. The number of hydrogen-bond donors (Lipinski definition) is 0. The minimum Gasteiger partial charge on any atom is -0.379 e. The summed E-state index contributed by atoms with van der Waals surface area (Å²) >= 11 is 6.80. The Balaban J connectivity index is 1.54. The zero-order chi connectivity index (χ0) is 27.4. The van der Waals surface area contributed by atoms with E-state index in [2.05, 4.69) is 6.92 Å². The van der Waals surface area contributed by atoms with Gasteiger partial charge in [-0.1, -0.05) is 74.1 Å². The largest absolute Gasteiger partial charge is 0.379 e. The molecule has 2 aliphatic rings. The lowest BCUT2D eigenvalue weighted by Crippen LogP contribution is -2.40. The number of thiocarbonyl (C=S) groups is 1. The first kappa shape index (κ1) is 27.7. The van der Waals surface area contributed by atoms with Gasteiger partial charge in [-0.2, -0.15) is 9.40 Å². The molecule has 2 saturated heterocycles. The van der Waals surface area contributed by atoms with Crippen molar-refractivity contribution in [3.63, 3.8) is 0 Å². The van der Waals surface area contributed by atoms with Gasteiger partial charge in [0.05, 0.1) is 28.7 Å². The number of nitrogens with zero attached hydrogens (tertiary/aromatic N) is 4. The number of amides is 1. The Hall–Kier alpha value is -2.83. The second-order valence-corrected chi connectivity index (χ2v) is 12.9. The van der Waals surface area contributed by atoms with E-state index < -0.39 is 10.0 Å². The van der Waals surface area contributed by atoms with Gasteiger partial charge in [-0.3, -0.25) is 9.69 Å². The van der Waals surface area contributed by atoms with Gasteiger partial charge >= 0.3 is 0 Å². The van der Waals surface area contributed by atoms with Gasteiger partial charge in [0.15, 0.2) is 0 Å². The Morgan fingerprint density at radius 2 is 1.85 bits per heavy atom. The number of morpholine rings is 1. The highest BCUT2D eigenvalue weighted by Crippen LogP contribution is 2.35. The molecular formula is C28H30N4O4S3. The van der Waals surface area contributed by atoms with E-state index in [1.54, 1.807) is 27.8 Å². The van der Waals surface area contributed by atoms with Crippen LogP contribution in [0.2, 0.25) is 0 Å². The van der Waals surface area contributed by atoms with Crippen molar-refractivity contribution in [2.24, 2.45) is 0 Å². The standard InChI is InChI=1S/C28H30N4O4S3/c1-2-3-7-13-31-27(33)25(38-28(31)37)19-22-20-32(23-10-5-4-6-11-23)29-26(22)21-9-8-12-24(18-21)39(34,35)30-14-16-36-17-15-30/h4-6,8-12,18-20H,2-3,7,13-17H2,1H3. The van der Waals surface area contributed by atoms with E-state index >= 15 is 0 Å². The summed E-state index contributed by atoms with van der Waals surface area (Å²) in [6.45, 7) is 4.12. The van der Waals surface area contributed by atoms with E-state index in [0.717, 1.165) is 24.9 Å². The van der Waals surface area contributed by atoms with Crippen LogP contribution in [0.5, 0.6) is 0 Å². The maximum Gasteiger partial charge on any atom is 0.266 e. The highest BCUT2D eigenvalue weighted by molar-refractivity contribution is 8.26. The summed E-state index contributed by atoms with van der Waals surface area (Å²) in [6.07, 6.45) is 6.67. The molecule has 1 amide bonds. The molecule has 8 nitrogen and oxygen atoms in total. The molecule has 0 atom stereocenters. The lowest BCUT2D eigenvalue weighted by Gasteiger charge is -2.26. The van der Waals surface area contributed by atoms with Crippen molar-refractivity contribution < 1.29 is 17.9 Å². The SMILES string of the molecule is CCCCCN1C(=O)C(=Cc2cn(-c3ccccc3)nc2-c2cccc(S(=O)(=O)N3CCOCC3)c2)SC1=S. The fourth-order valence-corrected chi connectivity index (χ4v) is 7.28. The third-order valence-electron chi connectivity index (χ3n) is 6.62. The molecule has 0 N–H and O–H groups in total. The number of rotatable bonds is 9. The third-order valence-corrected chi connectivity index (χ3v) is 9.90. The zero-order valence-electron chi connectivity index (χ0n) is 21.7. The average Bonchev–Trinajstić information content (AvgIpc) is 3.50. The van der Waals surface area contributed by atoms with Crippen LogP contribution in [-0.2, 0) is 19.6 Å². The molecule has 2 aromatic carbocycles. The van der Waals surface area contributed by atoms with Gasteiger partial charge in [0.25, 0.3) is 5.91 Å². The number of ether oxygens (including phenoxy) is 1. The lowest BCUT2D eigenvalue weighted by molar-refractivity contribution is -0.122. The molecule has 0 saturated carbocycles.